The van der Waals surface area contributed by atoms with Crippen molar-refractivity contribution in [1.82, 2.24) is 0 Å². The van der Waals surface area contributed by atoms with Crippen LogP contribution in [0.4, 0.5) is 0 Å². The fourth-order valence-corrected chi connectivity index (χ4v) is 0. The normalized spacial score (nSPS) is 10.7. The number of rotatable bonds is 0. The molecule has 0 amide bonds. The molecule has 0 atom stereocenters. The van der Waals surface area contributed by atoms with Gasteiger partial charge in [0.15, 0.2) is 0 Å². The van der Waals surface area contributed by atoms with E-state index in [1.807, 2.05) is 0 Å². The maximum Gasteiger partial charge on any atom is -0.147 e. The van der Waals surface area contributed by atoms with Crippen molar-refractivity contribution in [3.63, 3.8) is 0 Å². The summed E-state index contributed by atoms with van der Waals surface area (Å²) in [6.07, 6.45) is 0. The fourth-order valence-electron chi connectivity index (χ4n) is 0. The molecule has 0 saturated carbocycles. The van der Waals surface area contributed by atoms with Gasteiger partial charge in [0.25, 0.3) is 0 Å². The predicted molar refractivity (Wildman–Crippen MR) is 22.5 cm³/mol. The van der Waals surface area contributed by atoms with E-state index in [0.717, 1.165) is 0 Å². The third-order valence-electron chi connectivity index (χ3n) is 0. The summed E-state index contributed by atoms with van der Waals surface area (Å²) in [7, 11) is -10.8. The van der Waals surface area contributed by atoms with Crippen LogP contribution in [0.5, 0.6) is 0 Å². The molecule has 0 aliphatic heterocycles. The second-order valence-electron chi connectivity index (χ2n) is 0.894. The minimum atomic E-state index is -5.39. The zero-order valence-electron chi connectivity index (χ0n) is 4.57. The van der Waals surface area contributed by atoms with E-state index in [2.05, 4.69) is 0 Å². The molecule has 0 saturated heterocycles. The second-order valence-corrected chi connectivity index (χ2v) is 2.68. The lowest BCUT2D eigenvalue weighted by molar-refractivity contribution is -0.434. The van der Waals surface area contributed by atoms with Gasteiger partial charge in [-0.1, -0.05) is 0 Å². The average Bonchev–Trinajstić information content (AvgIpc) is 1.12. The van der Waals surface area contributed by atoms with Crippen molar-refractivity contribution < 1.29 is 38.5 Å². The van der Waals surface area contributed by atoms with Crippen LogP contribution in [-0.4, -0.2) is 0 Å². The molecule has 0 aromatic heterocycles. The van der Waals surface area contributed by atoms with Crippen LogP contribution in [0.25, 0.3) is 0 Å². The molecule has 0 aromatic rings. The van der Waals surface area contributed by atoms with Crippen LogP contribution < -0.4 is 29.4 Å². The topological polar surface area (TPSA) is 172 Å². The monoisotopic (exact) mass is 226 g/mol. The molecule has 0 heterocycles. The first kappa shape index (κ1) is 17.6. The lowest BCUT2D eigenvalue weighted by Crippen LogP contribution is -2.24. The van der Waals surface area contributed by atoms with Crippen molar-refractivity contribution in [2.75, 3.05) is 0 Å². The first-order chi connectivity index (χ1) is 4.00. The Hall–Kier alpha value is 0.510. The SMILES string of the molecule is Cl.O=P([O-])([O-])[O-].O=P([O-])([O-])[O-]. The quantitative estimate of drug-likeness (QED) is 0.368. The Morgan fingerprint density at radius 2 is 0.636 bits per heavy atom. The summed E-state index contributed by atoms with van der Waals surface area (Å²) in [6.45, 7) is 0. The molecule has 11 heavy (non-hydrogen) atoms. The van der Waals surface area contributed by atoms with E-state index in [9.17, 15) is 0 Å². The van der Waals surface area contributed by atoms with Crippen molar-refractivity contribution in [1.29, 1.82) is 0 Å². The van der Waals surface area contributed by atoms with E-state index in [1.54, 1.807) is 0 Å². The first-order valence-corrected chi connectivity index (χ1v) is 4.38. The van der Waals surface area contributed by atoms with Gasteiger partial charge in [0.2, 0.25) is 0 Å². The molecule has 72 valence electrons. The van der Waals surface area contributed by atoms with E-state index in [4.69, 9.17) is 38.5 Å². The van der Waals surface area contributed by atoms with E-state index < -0.39 is 15.6 Å². The first-order valence-electron chi connectivity index (χ1n) is 1.46. The van der Waals surface area contributed by atoms with Gasteiger partial charge in [-0.05, 0) is 0 Å². The summed E-state index contributed by atoms with van der Waals surface area (Å²) in [6, 6.07) is 0. The fraction of sp³-hybridized carbons (Fsp3) is 0. The minimum absolute atomic E-state index is 0. The molecule has 0 radical (unpaired) electrons. The molecule has 0 rings (SSSR count). The van der Waals surface area contributed by atoms with Gasteiger partial charge >= 0.3 is 0 Å². The van der Waals surface area contributed by atoms with Crippen LogP contribution in [0.2, 0.25) is 0 Å². The molecule has 0 unspecified atom stereocenters. The van der Waals surface area contributed by atoms with Crippen LogP contribution in [0.15, 0.2) is 0 Å². The van der Waals surface area contributed by atoms with Crippen molar-refractivity contribution in [2.45, 2.75) is 0 Å². The molecule has 0 N–H and O–H groups in total. The van der Waals surface area contributed by atoms with Gasteiger partial charge in [0, 0.05) is 0 Å². The molecule has 0 fully saturated rings. The third-order valence-corrected chi connectivity index (χ3v) is 0. The lowest BCUT2D eigenvalue weighted by Gasteiger charge is -2.36. The molecule has 11 heteroatoms. The lowest BCUT2D eigenvalue weighted by atomic mass is 15.8. The average molecular weight is 226 g/mol. The highest BCUT2D eigenvalue weighted by Gasteiger charge is 1.45. The van der Waals surface area contributed by atoms with E-state index >= 15 is 0 Å². The largest absolute Gasteiger partial charge is 0.822 e. The van der Waals surface area contributed by atoms with Crippen molar-refractivity contribution in [3.8, 4) is 0 Å². The van der Waals surface area contributed by atoms with Gasteiger partial charge in [0.05, 0.1) is 0 Å². The number of hydrogen-bond donors (Lipinski definition) is 0. The van der Waals surface area contributed by atoms with Gasteiger partial charge in [-0.15, -0.1) is 12.4 Å². The zero-order valence-corrected chi connectivity index (χ0v) is 7.17. The molecule has 0 aliphatic rings. The highest BCUT2D eigenvalue weighted by atomic mass is 35.5. The molecule has 0 spiro atoms. The molecule has 0 aliphatic carbocycles. The standard InChI is InChI=1S/ClH.2H3O4P/c;2*1-5(2,3)4/h1H;2*(H3,1,2,3,4)/p-6. The van der Waals surface area contributed by atoms with Gasteiger partial charge in [0.1, 0.15) is 0 Å². The highest BCUT2D eigenvalue weighted by molar-refractivity contribution is 7.40. The van der Waals surface area contributed by atoms with Crippen molar-refractivity contribution in [3.05, 3.63) is 0 Å². The van der Waals surface area contributed by atoms with E-state index in [-0.39, 0.29) is 12.4 Å². The summed E-state index contributed by atoms with van der Waals surface area (Å²) in [5.74, 6) is 0. The number of phosphoric acid groups is 2. The van der Waals surface area contributed by atoms with E-state index in [0.29, 0.717) is 0 Å². The summed E-state index contributed by atoms with van der Waals surface area (Å²) < 4.78 is 17.1. The molecule has 8 nitrogen and oxygen atoms in total. The third kappa shape index (κ3) is 2930. The minimum Gasteiger partial charge on any atom is -0.822 e. The maximum atomic E-state index is 8.55. The van der Waals surface area contributed by atoms with Crippen molar-refractivity contribution >= 4 is 28.1 Å². The molecule has 0 bridgehead atoms. The molecule has 0 aromatic carbocycles. The highest BCUT2D eigenvalue weighted by Crippen LogP contribution is 2.03. The Bertz CT molecular complexity index is 124. The van der Waals surface area contributed by atoms with Gasteiger partial charge in [-0.2, -0.15) is 15.6 Å². The van der Waals surface area contributed by atoms with Gasteiger partial charge in [-0.25, -0.2) is 0 Å². The Kier molecular flexibility index (Phi) is 9.69. The summed E-state index contributed by atoms with van der Waals surface area (Å²) in [5.41, 5.74) is 0. The zero-order chi connectivity index (χ0) is 9.00. The maximum absolute atomic E-state index is 8.55. The van der Waals surface area contributed by atoms with Gasteiger partial charge in [-0.3, -0.25) is 0 Å². The van der Waals surface area contributed by atoms with Crippen LogP contribution in [0.3, 0.4) is 0 Å². The van der Waals surface area contributed by atoms with Crippen LogP contribution in [0.1, 0.15) is 0 Å². The Labute approximate surface area is 67.4 Å². The number of hydrogen-bond acceptors (Lipinski definition) is 8. The van der Waals surface area contributed by atoms with Crippen LogP contribution >= 0.6 is 28.1 Å². The Balaban J connectivity index is -0.000000107. The summed E-state index contributed by atoms with van der Waals surface area (Å²) in [4.78, 5) is 51.3. The van der Waals surface area contributed by atoms with Crippen LogP contribution in [0, 0.1) is 0 Å². The van der Waals surface area contributed by atoms with Crippen molar-refractivity contribution in [2.24, 2.45) is 0 Å². The van der Waals surface area contributed by atoms with Crippen LogP contribution in [-0.2, 0) is 9.13 Å². The molecular formula is HClO8P2-6. The second kappa shape index (κ2) is 6.07. The Morgan fingerprint density at radius 1 is 0.636 bits per heavy atom. The smallest absolute Gasteiger partial charge is 0.147 e. The summed E-state index contributed by atoms with van der Waals surface area (Å²) >= 11 is 0. The number of halogens is 1. The Morgan fingerprint density at radius 3 is 0.636 bits per heavy atom. The van der Waals surface area contributed by atoms with Gasteiger partial charge < -0.3 is 38.5 Å². The van der Waals surface area contributed by atoms with E-state index in [1.165, 1.54) is 0 Å². The summed E-state index contributed by atoms with van der Waals surface area (Å²) in [5, 5.41) is 0. The molecular weight excluding hydrogens is 225 g/mol. The predicted octanol–water partition coefficient (Wildman–Crippen LogP) is -5.23.